The van der Waals surface area contributed by atoms with Gasteiger partial charge in [0.25, 0.3) is 0 Å². The normalized spacial score (nSPS) is 19.4. The molecule has 2 aromatic carbocycles. The van der Waals surface area contributed by atoms with Crippen molar-refractivity contribution in [2.45, 2.75) is 31.5 Å². The van der Waals surface area contributed by atoms with Crippen molar-refractivity contribution in [2.75, 3.05) is 0 Å². The minimum atomic E-state index is -4.68. The molecule has 7 heteroatoms. The maximum Gasteiger partial charge on any atom is 0.432 e. The fourth-order valence-electron chi connectivity index (χ4n) is 3.03. The number of hydrogen-bond donors (Lipinski definition) is 0. The lowest BCUT2D eigenvalue weighted by molar-refractivity contribution is -0.248. The summed E-state index contributed by atoms with van der Waals surface area (Å²) < 4.78 is 47.3. The number of fused-ring (bicyclic) bond motifs is 1. The van der Waals surface area contributed by atoms with E-state index in [2.05, 4.69) is 0 Å². The molecule has 132 valence electrons. The molecule has 0 aromatic heterocycles. The SMILES string of the molecule is CC(=O)Cc1ccc2c(c1)CC(c1cc(Cl)cc(Cl)c1)(C(F)(F)F)O2. The lowest BCUT2D eigenvalue weighted by atomic mass is 9.88. The molecule has 1 heterocycles. The Morgan fingerprint density at radius 3 is 2.36 bits per heavy atom. The van der Waals surface area contributed by atoms with E-state index in [1.54, 1.807) is 12.1 Å². The summed E-state index contributed by atoms with van der Waals surface area (Å²) >= 11 is 11.8. The minimum Gasteiger partial charge on any atom is -0.472 e. The smallest absolute Gasteiger partial charge is 0.432 e. The van der Waals surface area contributed by atoms with Crippen LogP contribution < -0.4 is 4.74 Å². The minimum absolute atomic E-state index is 0.0671. The first-order valence-electron chi connectivity index (χ1n) is 7.44. The maximum atomic E-state index is 14.0. The molecule has 0 saturated carbocycles. The number of alkyl halides is 3. The van der Waals surface area contributed by atoms with Crippen molar-refractivity contribution in [2.24, 2.45) is 0 Å². The highest BCUT2D eigenvalue weighted by Crippen LogP contribution is 2.51. The van der Waals surface area contributed by atoms with Crippen LogP contribution in [0.4, 0.5) is 13.2 Å². The second-order valence-corrected chi connectivity index (χ2v) is 6.96. The fourth-order valence-corrected chi connectivity index (χ4v) is 3.56. The molecule has 0 saturated heterocycles. The van der Waals surface area contributed by atoms with Crippen molar-refractivity contribution in [1.82, 2.24) is 0 Å². The molecule has 25 heavy (non-hydrogen) atoms. The van der Waals surface area contributed by atoms with Crippen LogP contribution in [0.25, 0.3) is 0 Å². The van der Waals surface area contributed by atoms with Gasteiger partial charge in [-0.25, -0.2) is 0 Å². The van der Waals surface area contributed by atoms with Gasteiger partial charge in [-0.1, -0.05) is 35.3 Å². The third-order valence-electron chi connectivity index (χ3n) is 4.09. The van der Waals surface area contributed by atoms with Crippen LogP contribution in [-0.2, 0) is 23.2 Å². The van der Waals surface area contributed by atoms with E-state index in [9.17, 15) is 18.0 Å². The lowest BCUT2D eigenvalue weighted by Gasteiger charge is -2.31. The summed E-state index contributed by atoms with van der Waals surface area (Å²) in [6, 6.07) is 8.43. The number of carbonyl (C=O) groups excluding carboxylic acids is 1. The Kier molecular flexibility index (Phi) is 4.50. The first kappa shape index (κ1) is 18.1. The summed E-state index contributed by atoms with van der Waals surface area (Å²) in [4.78, 5) is 11.3. The number of ether oxygens (including phenoxy) is 1. The summed E-state index contributed by atoms with van der Waals surface area (Å²) in [6.45, 7) is 1.43. The molecule has 0 N–H and O–H groups in total. The molecule has 0 aliphatic carbocycles. The summed E-state index contributed by atoms with van der Waals surface area (Å²) in [7, 11) is 0. The standard InChI is InChI=1S/C18H13Cl2F3O2/c1-10(24)4-11-2-3-16-12(5-11)9-17(25-16,18(21,22)23)13-6-14(19)8-15(20)7-13/h2-3,5-8H,4,9H2,1H3. The molecule has 1 aliphatic rings. The summed E-state index contributed by atoms with van der Waals surface area (Å²) in [5, 5.41) is 0.200. The molecule has 0 amide bonds. The van der Waals surface area contributed by atoms with Gasteiger partial charge in [-0.3, -0.25) is 4.79 Å². The van der Waals surface area contributed by atoms with E-state index >= 15 is 0 Å². The molecule has 3 rings (SSSR count). The average Bonchev–Trinajstić information content (AvgIpc) is 2.85. The van der Waals surface area contributed by atoms with Gasteiger partial charge in [0.15, 0.2) is 0 Å². The highest BCUT2D eigenvalue weighted by Gasteiger charge is 2.61. The van der Waals surface area contributed by atoms with Crippen molar-refractivity contribution >= 4 is 29.0 Å². The van der Waals surface area contributed by atoms with Crippen LogP contribution in [0.5, 0.6) is 5.75 Å². The molecular formula is C18H13Cl2F3O2. The Labute approximate surface area is 152 Å². The molecule has 0 spiro atoms. The van der Waals surface area contributed by atoms with Gasteiger partial charge in [0, 0.05) is 28.5 Å². The zero-order valence-electron chi connectivity index (χ0n) is 13.1. The van der Waals surface area contributed by atoms with Crippen LogP contribution in [0.3, 0.4) is 0 Å². The molecule has 2 aromatic rings. The molecule has 0 radical (unpaired) electrons. The van der Waals surface area contributed by atoms with Gasteiger partial charge in [0.2, 0.25) is 5.60 Å². The number of benzene rings is 2. The monoisotopic (exact) mass is 388 g/mol. The van der Waals surface area contributed by atoms with Crippen LogP contribution >= 0.6 is 23.2 Å². The van der Waals surface area contributed by atoms with Gasteiger partial charge in [0.05, 0.1) is 0 Å². The first-order valence-corrected chi connectivity index (χ1v) is 8.20. The van der Waals surface area contributed by atoms with Gasteiger partial charge in [0.1, 0.15) is 11.5 Å². The maximum absolute atomic E-state index is 14.0. The lowest BCUT2D eigenvalue weighted by Crippen LogP contribution is -2.46. The molecule has 1 unspecified atom stereocenters. The van der Waals surface area contributed by atoms with Gasteiger partial charge in [-0.05, 0) is 42.3 Å². The molecule has 0 fully saturated rings. The van der Waals surface area contributed by atoms with Crippen molar-refractivity contribution in [3.05, 3.63) is 63.1 Å². The van der Waals surface area contributed by atoms with E-state index in [-0.39, 0.29) is 33.6 Å². The quantitative estimate of drug-likeness (QED) is 0.691. The Balaban J connectivity index is 2.08. The van der Waals surface area contributed by atoms with Crippen molar-refractivity contribution in [1.29, 1.82) is 0 Å². The summed E-state index contributed by atoms with van der Waals surface area (Å²) in [6.07, 6.45) is -4.93. The van der Waals surface area contributed by atoms with Gasteiger partial charge < -0.3 is 4.74 Å². The highest BCUT2D eigenvalue weighted by molar-refractivity contribution is 6.34. The zero-order valence-corrected chi connectivity index (χ0v) is 14.6. The topological polar surface area (TPSA) is 26.3 Å². The Bertz CT molecular complexity index is 828. The Hall–Kier alpha value is -1.72. The fraction of sp³-hybridized carbons (Fsp3) is 0.278. The van der Waals surface area contributed by atoms with Crippen LogP contribution in [0.15, 0.2) is 36.4 Å². The number of Topliss-reactive ketones (excluding diaryl/α,β-unsaturated/α-hetero) is 1. The van der Waals surface area contributed by atoms with E-state index < -0.39 is 18.2 Å². The summed E-state index contributed by atoms with van der Waals surface area (Å²) in [5.41, 5.74) is -1.66. The van der Waals surface area contributed by atoms with Crippen molar-refractivity contribution < 1.29 is 22.7 Å². The predicted molar refractivity (Wildman–Crippen MR) is 89.4 cm³/mol. The number of halogens is 5. The van der Waals surface area contributed by atoms with Gasteiger partial charge in [-0.15, -0.1) is 0 Å². The second-order valence-electron chi connectivity index (χ2n) is 6.08. The molecule has 0 bridgehead atoms. The first-order chi connectivity index (χ1) is 11.6. The van der Waals surface area contributed by atoms with Crippen LogP contribution in [-0.4, -0.2) is 12.0 Å². The third-order valence-corrected chi connectivity index (χ3v) is 4.52. The molecule has 2 nitrogen and oxygen atoms in total. The molecular weight excluding hydrogens is 376 g/mol. The second kappa shape index (κ2) is 6.22. The van der Waals surface area contributed by atoms with E-state index in [1.165, 1.54) is 31.2 Å². The number of hydrogen-bond acceptors (Lipinski definition) is 2. The largest absolute Gasteiger partial charge is 0.472 e. The number of carbonyl (C=O) groups is 1. The summed E-state index contributed by atoms with van der Waals surface area (Å²) in [5.74, 6) is 0.0725. The van der Waals surface area contributed by atoms with Crippen LogP contribution in [0, 0.1) is 0 Å². The third kappa shape index (κ3) is 3.35. The van der Waals surface area contributed by atoms with Crippen molar-refractivity contribution in [3.63, 3.8) is 0 Å². The predicted octanol–water partition coefficient (Wildman–Crippen LogP) is 5.52. The van der Waals surface area contributed by atoms with Crippen LogP contribution in [0.1, 0.15) is 23.6 Å². The van der Waals surface area contributed by atoms with Gasteiger partial charge >= 0.3 is 6.18 Å². The zero-order chi connectivity index (χ0) is 18.4. The highest BCUT2D eigenvalue weighted by atomic mass is 35.5. The van der Waals surface area contributed by atoms with Crippen molar-refractivity contribution in [3.8, 4) is 5.75 Å². The Morgan fingerprint density at radius 2 is 1.80 bits per heavy atom. The van der Waals surface area contributed by atoms with Gasteiger partial charge in [-0.2, -0.15) is 13.2 Å². The number of rotatable bonds is 3. The molecule has 1 atom stereocenters. The van der Waals surface area contributed by atoms with E-state index in [4.69, 9.17) is 27.9 Å². The van der Waals surface area contributed by atoms with E-state index in [0.717, 1.165) is 0 Å². The Morgan fingerprint density at radius 1 is 1.16 bits per heavy atom. The number of ketones is 1. The average molecular weight is 389 g/mol. The van der Waals surface area contributed by atoms with E-state index in [1.807, 2.05) is 0 Å². The van der Waals surface area contributed by atoms with Crippen LogP contribution in [0.2, 0.25) is 10.0 Å². The van der Waals surface area contributed by atoms with E-state index in [0.29, 0.717) is 11.1 Å². The molecule has 1 aliphatic heterocycles.